The van der Waals surface area contributed by atoms with E-state index in [1.165, 1.54) is 16.7 Å². The van der Waals surface area contributed by atoms with Crippen LogP contribution in [0.5, 0.6) is 0 Å². The Morgan fingerprint density at radius 2 is 2.07 bits per heavy atom. The Bertz CT molecular complexity index is 1200. The summed E-state index contributed by atoms with van der Waals surface area (Å²) < 4.78 is 1.87. The average Bonchev–Trinajstić information content (AvgIpc) is 3.38. The molecule has 1 aliphatic rings. The highest BCUT2D eigenvalue weighted by Gasteiger charge is 2.26. The van der Waals surface area contributed by atoms with Gasteiger partial charge in [-0.3, -0.25) is 0 Å². The number of aryl methyl sites for hydroxylation is 1. The number of piperazine rings is 1. The summed E-state index contributed by atoms with van der Waals surface area (Å²) in [5.41, 5.74) is 8.04. The van der Waals surface area contributed by atoms with Gasteiger partial charge in [0.25, 0.3) is 0 Å². The van der Waals surface area contributed by atoms with Crippen molar-refractivity contribution in [2.75, 3.05) is 24.5 Å². The second-order valence-corrected chi connectivity index (χ2v) is 9.29. The summed E-state index contributed by atoms with van der Waals surface area (Å²) in [7, 11) is 0. The van der Waals surface area contributed by atoms with Crippen molar-refractivity contribution in [2.45, 2.75) is 46.6 Å². The molecule has 4 aromatic heterocycles. The van der Waals surface area contributed by atoms with Gasteiger partial charge in [-0.1, -0.05) is 25.2 Å². The fourth-order valence-electron chi connectivity index (χ4n) is 4.35. The third kappa shape index (κ3) is 2.85. The number of aromatic nitrogens is 5. The minimum atomic E-state index is 0.361. The lowest BCUT2D eigenvalue weighted by atomic mass is 9.96. The number of thiazole rings is 1. The minimum Gasteiger partial charge on any atom is -0.344 e. The van der Waals surface area contributed by atoms with E-state index < -0.39 is 0 Å². The van der Waals surface area contributed by atoms with Crippen LogP contribution in [-0.2, 0) is 0 Å². The van der Waals surface area contributed by atoms with Crippen molar-refractivity contribution in [3.63, 3.8) is 0 Å². The van der Waals surface area contributed by atoms with Crippen LogP contribution in [-0.4, -0.2) is 50.2 Å². The van der Waals surface area contributed by atoms with Crippen LogP contribution >= 0.6 is 11.3 Å². The number of aromatic amines is 1. The predicted molar refractivity (Wildman–Crippen MR) is 119 cm³/mol. The van der Waals surface area contributed by atoms with Crippen molar-refractivity contribution in [1.82, 2.24) is 29.9 Å². The molecule has 29 heavy (non-hydrogen) atoms. The van der Waals surface area contributed by atoms with E-state index in [1.807, 2.05) is 4.52 Å². The number of nitrogens with zero attached hydrogens (tertiary/aromatic N) is 5. The standard InChI is InChI=1S/C21H27N7S/c1-11(2)16-17(15-9-28-19(23-10-24-28)14(5)13(15)4)25-20-18(16)26-21(29-20)27-7-6-22-8-12(27)3/h9-12,22,25H,6-8H2,1-5H3/t12-/m0/s1. The Morgan fingerprint density at radius 1 is 1.24 bits per heavy atom. The van der Waals surface area contributed by atoms with Gasteiger partial charge >= 0.3 is 0 Å². The first kappa shape index (κ1) is 18.6. The second-order valence-electron chi connectivity index (χ2n) is 8.31. The van der Waals surface area contributed by atoms with Gasteiger partial charge in [0, 0.05) is 43.0 Å². The van der Waals surface area contributed by atoms with Crippen LogP contribution in [0, 0.1) is 13.8 Å². The molecular weight excluding hydrogens is 382 g/mol. The molecule has 1 aliphatic heterocycles. The molecule has 2 N–H and O–H groups in total. The zero-order valence-corrected chi connectivity index (χ0v) is 18.4. The Hall–Kier alpha value is -2.45. The summed E-state index contributed by atoms with van der Waals surface area (Å²) in [6.07, 6.45) is 3.70. The number of hydrogen-bond acceptors (Lipinski definition) is 6. The normalized spacial score (nSPS) is 17.9. The van der Waals surface area contributed by atoms with Crippen molar-refractivity contribution in [2.24, 2.45) is 0 Å². The quantitative estimate of drug-likeness (QED) is 0.537. The Kier molecular flexibility index (Phi) is 4.36. The number of hydrogen-bond donors (Lipinski definition) is 2. The highest BCUT2D eigenvalue weighted by atomic mass is 32.1. The summed E-state index contributed by atoms with van der Waals surface area (Å²) in [6, 6.07) is 0.459. The highest BCUT2D eigenvalue weighted by molar-refractivity contribution is 7.21. The summed E-state index contributed by atoms with van der Waals surface area (Å²) in [6.45, 7) is 14.1. The topological polar surface area (TPSA) is 74.1 Å². The Balaban J connectivity index is 1.68. The zero-order valence-electron chi connectivity index (χ0n) is 17.6. The first-order valence-corrected chi connectivity index (χ1v) is 11.1. The predicted octanol–water partition coefficient (Wildman–Crippen LogP) is 3.87. The van der Waals surface area contributed by atoms with E-state index in [0.717, 1.165) is 52.0 Å². The zero-order chi connectivity index (χ0) is 20.3. The van der Waals surface area contributed by atoms with Gasteiger partial charge < -0.3 is 15.2 Å². The molecule has 1 fully saturated rings. The number of pyridine rings is 1. The molecule has 5 rings (SSSR count). The molecular formula is C21H27N7S. The van der Waals surface area contributed by atoms with Crippen LogP contribution < -0.4 is 10.2 Å². The summed E-state index contributed by atoms with van der Waals surface area (Å²) >= 11 is 1.77. The van der Waals surface area contributed by atoms with Crippen LogP contribution in [0.3, 0.4) is 0 Å². The Labute approximate surface area is 174 Å². The average molecular weight is 410 g/mol. The van der Waals surface area contributed by atoms with E-state index in [4.69, 9.17) is 4.98 Å². The molecule has 1 atom stereocenters. The van der Waals surface area contributed by atoms with Gasteiger partial charge in [0.05, 0.1) is 5.69 Å². The van der Waals surface area contributed by atoms with Gasteiger partial charge in [0.2, 0.25) is 0 Å². The van der Waals surface area contributed by atoms with E-state index in [-0.39, 0.29) is 0 Å². The number of nitrogens with one attached hydrogen (secondary N) is 2. The van der Waals surface area contributed by atoms with E-state index in [2.05, 4.69) is 66.1 Å². The third-order valence-corrected chi connectivity index (χ3v) is 7.11. The molecule has 1 saturated heterocycles. The van der Waals surface area contributed by atoms with Crippen molar-refractivity contribution < 1.29 is 0 Å². The largest absolute Gasteiger partial charge is 0.344 e. The van der Waals surface area contributed by atoms with E-state index in [0.29, 0.717) is 12.0 Å². The molecule has 0 aliphatic carbocycles. The molecule has 7 nitrogen and oxygen atoms in total. The monoisotopic (exact) mass is 409 g/mol. The van der Waals surface area contributed by atoms with Gasteiger partial charge in [-0.2, -0.15) is 5.10 Å². The van der Waals surface area contributed by atoms with Gasteiger partial charge in [0.1, 0.15) is 16.7 Å². The molecule has 152 valence electrons. The number of fused-ring (bicyclic) bond motifs is 2. The number of H-pyrrole nitrogens is 1. The van der Waals surface area contributed by atoms with Gasteiger partial charge in [-0.05, 0) is 37.8 Å². The molecule has 0 amide bonds. The lowest BCUT2D eigenvalue weighted by Crippen LogP contribution is -2.49. The fourth-order valence-corrected chi connectivity index (χ4v) is 5.47. The lowest BCUT2D eigenvalue weighted by Gasteiger charge is -2.33. The molecule has 0 aromatic carbocycles. The first-order chi connectivity index (χ1) is 14.0. The maximum absolute atomic E-state index is 5.11. The summed E-state index contributed by atoms with van der Waals surface area (Å²) in [5, 5.41) is 8.95. The smallest absolute Gasteiger partial charge is 0.188 e. The molecule has 8 heteroatoms. The van der Waals surface area contributed by atoms with Gasteiger partial charge in [-0.25, -0.2) is 14.5 Å². The molecule has 4 aromatic rings. The van der Waals surface area contributed by atoms with Gasteiger partial charge in [-0.15, -0.1) is 0 Å². The third-order valence-electron chi connectivity index (χ3n) is 6.10. The van der Waals surface area contributed by atoms with Crippen LogP contribution in [0.4, 0.5) is 5.13 Å². The molecule has 5 heterocycles. The SMILES string of the molecule is Cc1c(-c2[nH]c3sc(N4CCNC[C@@H]4C)nc3c2C(C)C)cn2ncnc2c1C. The Morgan fingerprint density at radius 3 is 2.83 bits per heavy atom. The molecule has 0 spiro atoms. The molecule has 0 bridgehead atoms. The maximum Gasteiger partial charge on any atom is 0.188 e. The number of rotatable bonds is 3. The van der Waals surface area contributed by atoms with Crippen molar-refractivity contribution in [3.05, 3.63) is 29.2 Å². The van der Waals surface area contributed by atoms with Crippen LogP contribution in [0.25, 0.3) is 27.3 Å². The minimum absolute atomic E-state index is 0.361. The maximum atomic E-state index is 5.11. The van der Waals surface area contributed by atoms with Crippen molar-refractivity contribution in [3.8, 4) is 11.3 Å². The van der Waals surface area contributed by atoms with Gasteiger partial charge in [0.15, 0.2) is 10.8 Å². The first-order valence-electron chi connectivity index (χ1n) is 10.3. The number of anilines is 1. The summed E-state index contributed by atoms with van der Waals surface area (Å²) in [4.78, 5) is 16.8. The molecule has 0 unspecified atom stereocenters. The molecule has 0 radical (unpaired) electrons. The molecule has 0 saturated carbocycles. The van der Waals surface area contributed by atoms with Crippen LogP contribution in [0.2, 0.25) is 0 Å². The van der Waals surface area contributed by atoms with E-state index in [1.54, 1.807) is 17.7 Å². The van der Waals surface area contributed by atoms with Crippen LogP contribution in [0.15, 0.2) is 12.5 Å². The highest BCUT2D eigenvalue weighted by Crippen LogP contribution is 2.41. The van der Waals surface area contributed by atoms with E-state index >= 15 is 0 Å². The fraction of sp³-hybridized carbons (Fsp3) is 0.476. The van der Waals surface area contributed by atoms with Crippen molar-refractivity contribution in [1.29, 1.82) is 0 Å². The van der Waals surface area contributed by atoms with E-state index in [9.17, 15) is 0 Å². The van der Waals surface area contributed by atoms with Crippen LogP contribution in [0.1, 0.15) is 43.4 Å². The second kappa shape index (κ2) is 6.81. The summed E-state index contributed by atoms with van der Waals surface area (Å²) in [5.74, 6) is 0.361. The lowest BCUT2D eigenvalue weighted by molar-refractivity contribution is 0.500. The van der Waals surface area contributed by atoms with Crippen molar-refractivity contribution >= 4 is 32.5 Å².